The lowest BCUT2D eigenvalue weighted by Gasteiger charge is -2.29. The van der Waals surface area contributed by atoms with Crippen LogP contribution in [-0.4, -0.2) is 70.0 Å². The van der Waals surface area contributed by atoms with Crippen LogP contribution < -0.4 is 10.6 Å². The average Bonchev–Trinajstić information content (AvgIpc) is 3.41. The number of rotatable bonds is 9. The van der Waals surface area contributed by atoms with E-state index in [4.69, 9.17) is 9.47 Å². The molecule has 27 heavy (non-hydrogen) atoms. The van der Waals surface area contributed by atoms with Crippen LogP contribution >= 0.6 is 0 Å². The number of nitrogens with one attached hydrogen (secondary N) is 2. The molecule has 2 aliphatic heterocycles. The van der Waals surface area contributed by atoms with Crippen molar-refractivity contribution in [3.05, 3.63) is 35.9 Å². The SMILES string of the molecule is CN=C(NCCOCC1CCCO1)NCC(c1ccccc1)N1CCCC1. The number of aliphatic imine (C=N–C) groups is 1. The van der Waals surface area contributed by atoms with Gasteiger partial charge in [-0.2, -0.15) is 0 Å². The third kappa shape index (κ3) is 6.48. The summed E-state index contributed by atoms with van der Waals surface area (Å²) >= 11 is 0. The molecule has 0 amide bonds. The Hall–Kier alpha value is -1.63. The van der Waals surface area contributed by atoms with Crippen LogP contribution in [0.3, 0.4) is 0 Å². The van der Waals surface area contributed by atoms with E-state index in [1.165, 1.54) is 31.5 Å². The van der Waals surface area contributed by atoms with Crippen LogP contribution in [0.4, 0.5) is 0 Å². The van der Waals surface area contributed by atoms with Crippen molar-refractivity contribution in [3.63, 3.8) is 0 Å². The zero-order valence-corrected chi connectivity index (χ0v) is 16.5. The topological polar surface area (TPSA) is 58.1 Å². The molecule has 2 unspecified atom stereocenters. The summed E-state index contributed by atoms with van der Waals surface area (Å²) in [4.78, 5) is 6.92. The minimum absolute atomic E-state index is 0.287. The Morgan fingerprint density at radius 3 is 2.74 bits per heavy atom. The van der Waals surface area contributed by atoms with Gasteiger partial charge >= 0.3 is 0 Å². The fraction of sp³-hybridized carbons (Fsp3) is 0.667. The first kappa shape index (κ1) is 20.1. The zero-order chi connectivity index (χ0) is 18.7. The van der Waals surface area contributed by atoms with Gasteiger partial charge in [0.2, 0.25) is 0 Å². The quantitative estimate of drug-likeness (QED) is 0.394. The standard InChI is InChI=1S/C21H34N4O2/c1-22-21(23-11-15-26-17-19-10-7-14-27-19)24-16-20(25-12-5-6-13-25)18-8-3-2-4-9-18/h2-4,8-9,19-20H,5-7,10-17H2,1H3,(H2,22,23,24). The molecule has 1 aromatic carbocycles. The second kappa shape index (κ2) is 11.3. The molecule has 0 spiro atoms. The van der Waals surface area contributed by atoms with Gasteiger partial charge in [0.05, 0.1) is 25.4 Å². The predicted octanol–water partition coefficient (Wildman–Crippen LogP) is 2.18. The highest BCUT2D eigenvalue weighted by Gasteiger charge is 2.23. The van der Waals surface area contributed by atoms with E-state index >= 15 is 0 Å². The molecule has 2 heterocycles. The van der Waals surface area contributed by atoms with Gasteiger partial charge in [-0.3, -0.25) is 9.89 Å². The van der Waals surface area contributed by atoms with Gasteiger partial charge in [0.15, 0.2) is 5.96 Å². The number of hydrogen-bond donors (Lipinski definition) is 2. The highest BCUT2D eigenvalue weighted by molar-refractivity contribution is 5.79. The molecule has 2 N–H and O–H groups in total. The van der Waals surface area contributed by atoms with E-state index in [0.29, 0.717) is 19.3 Å². The molecule has 2 aliphatic rings. The van der Waals surface area contributed by atoms with Crippen LogP contribution in [0.5, 0.6) is 0 Å². The Balaban J connectivity index is 1.40. The molecule has 0 saturated carbocycles. The maximum absolute atomic E-state index is 5.71. The Labute approximate surface area is 163 Å². The highest BCUT2D eigenvalue weighted by atomic mass is 16.5. The third-order valence-electron chi connectivity index (χ3n) is 5.32. The van der Waals surface area contributed by atoms with Crippen molar-refractivity contribution < 1.29 is 9.47 Å². The van der Waals surface area contributed by atoms with Crippen LogP contribution in [-0.2, 0) is 9.47 Å². The molecule has 2 atom stereocenters. The number of hydrogen-bond acceptors (Lipinski definition) is 4. The smallest absolute Gasteiger partial charge is 0.191 e. The molecule has 0 radical (unpaired) electrons. The summed E-state index contributed by atoms with van der Waals surface area (Å²) in [5.41, 5.74) is 1.36. The van der Waals surface area contributed by atoms with Gasteiger partial charge in [-0.15, -0.1) is 0 Å². The molecule has 6 nitrogen and oxygen atoms in total. The Kier molecular flexibility index (Phi) is 8.39. The fourth-order valence-electron chi connectivity index (χ4n) is 3.83. The van der Waals surface area contributed by atoms with Crippen molar-refractivity contribution in [2.45, 2.75) is 37.8 Å². The van der Waals surface area contributed by atoms with Gasteiger partial charge in [-0.05, 0) is 44.3 Å². The summed E-state index contributed by atoms with van der Waals surface area (Å²) in [6.45, 7) is 6.16. The summed E-state index contributed by atoms with van der Waals surface area (Å²) in [7, 11) is 1.82. The molecule has 0 aliphatic carbocycles. The van der Waals surface area contributed by atoms with Crippen molar-refractivity contribution in [1.82, 2.24) is 15.5 Å². The second-order valence-electron chi connectivity index (χ2n) is 7.26. The largest absolute Gasteiger partial charge is 0.377 e. The van der Waals surface area contributed by atoms with Crippen molar-refractivity contribution in [3.8, 4) is 0 Å². The van der Waals surface area contributed by atoms with Crippen molar-refractivity contribution in [2.75, 3.05) is 53.0 Å². The maximum Gasteiger partial charge on any atom is 0.191 e. The van der Waals surface area contributed by atoms with Crippen molar-refractivity contribution >= 4 is 5.96 Å². The van der Waals surface area contributed by atoms with Gasteiger partial charge in [-0.25, -0.2) is 0 Å². The lowest BCUT2D eigenvalue weighted by Crippen LogP contribution is -2.43. The maximum atomic E-state index is 5.71. The number of likely N-dealkylation sites (tertiary alicyclic amines) is 1. The van der Waals surface area contributed by atoms with Gasteiger partial charge < -0.3 is 20.1 Å². The van der Waals surface area contributed by atoms with Gasteiger partial charge in [0.1, 0.15) is 0 Å². The van der Waals surface area contributed by atoms with E-state index in [9.17, 15) is 0 Å². The first-order chi connectivity index (χ1) is 13.4. The highest BCUT2D eigenvalue weighted by Crippen LogP contribution is 2.24. The molecule has 2 saturated heterocycles. The lowest BCUT2D eigenvalue weighted by atomic mass is 10.1. The van der Waals surface area contributed by atoms with E-state index in [1.54, 1.807) is 0 Å². The molecular formula is C21H34N4O2. The number of benzene rings is 1. The van der Waals surface area contributed by atoms with E-state index in [0.717, 1.165) is 38.5 Å². The Morgan fingerprint density at radius 2 is 2.04 bits per heavy atom. The summed E-state index contributed by atoms with van der Waals surface area (Å²) in [6, 6.07) is 11.1. The summed E-state index contributed by atoms with van der Waals surface area (Å²) in [5.74, 6) is 0.829. The van der Waals surface area contributed by atoms with Gasteiger partial charge in [0, 0.05) is 26.7 Å². The molecule has 1 aromatic rings. The normalized spacial score (nSPS) is 22.1. The van der Waals surface area contributed by atoms with Gasteiger partial charge in [0.25, 0.3) is 0 Å². The Morgan fingerprint density at radius 1 is 1.22 bits per heavy atom. The first-order valence-corrected chi connectivity index (χ1v) is 10.3. The van der Waals surface area contributed by atoms with Crippen molar-refractivity contribution in [1.29, 1.82) is 0 Å². The van der Waals surface area contributed by atoms with E-state index < -0.39 is 0 Å². The zero-order valence-electron chi connectivity index (χ0n) is 16.5. The lowest BCUT2D eigenvalue weighted by molar-refractivity contribution is 0.0191. The number of nitrogens with zero attached hydrogens (tertiary/aromatic N) is 2. The summed E-state index contributed by atoms with van der Waals surface area (Å²) < 4.78 is 11.3. The monoisotopic (exact) mass is 374 g/mol. The molecule has 150 valence electrons. The van der Waals surface area contributed by atoms with Crippen LogP contribution in [0.2, 0.25) is 0 Å². The van der Waals surface area contributed by atoms with Gasteiger partial charge in [-0.1, -0.05) is 30.3 Å². The molecule has 3 rings (SSSR count). The summed E-state index contributed by atoms with van der Waals surface area (Å²) in [5, 5.41) is 6.84. The molecule has 2 fully saturated rings. The van der Waals surface area contributed by atoms with Crippen LogP contribution in [0.1, 0.15) is 37.3 Å². The van der Waals surface area contributed by atoms with Crippen LogP contribution in [0.15, 0.2) is 35.3 Å². The van der Waals surface area contributed by atoms with Crippen LogP contribution in [0, 0.1) is 0 Å². The Bertz CT molecular complexity index is 555. The van der Waals surface area contributed by atoms with E-state index in [2.05, 4.69) is 50.9 Å². The third-order valence-corrected chi connectivity index (χ3v) is 5.32. The fourth-order valence-corrected chi connectivity index (χ4v) is 3.83. The minimum atomic E-state index is 0.287. The molecule has 6 heteroatoms. The number of ether oxygens (including phenoxy) is 2. The van der Waals surface area contributed by atoms with Crippen LogP contribution in [0.25, 0.3) is 0 Å². The molecule has 0 bridgehead atoms. The molecule has 0 aromatic heterocycles. The van der Waals surface area contributed by atoms with Crippen molar-refractivity contribution in [2.24, 2.45) is 4.99 Å². The van der Waals surface area contributed by atoms with E-state index in [1.807, 2.05) is 7.05 Å². The van der Waals surface area contributed by atoms with E-state index in [-0.39, 0.29) is 6.10 Å². The molecular weight excluding hydrogens is 340 g/mol. The predicted molar refractivity (Wildman–Crippen MR) is 109 cm³/mol. The first-order valence-electron chi connectivity index (χ1n) is 10.3. The number of guanidine groups is 1. The minimum Gasteiger partial charge on any atom is -0.377 e. The average molecular weight is 375 g/mol. The second-order valence-corrected chi connectivity index (χ2v) is 7.26. The summed E-state index contributed by atoms with van der Waals surface area (Å²) in [6.07, 6.45) is 5.14.